The summed E-state index contributed by atoms with van der Waals surface area (Å²) in [6, 6.07) is 3.58. The molecule has 0 saturated heterocycles. The molecular formula is C15H23NO3S. The van der Waals surface area contributed by atoms with Crippen molar-refractivity contribution in [1.82, 2.24) is 5.32 Å². The molecule has 1 rings (SSSR count). The van der Waals surface area contributed by atoms with Crippen LogP contribution in [0.4, 0.5) is 4.79 Å². The molecule has 0 bridgehead atoms. The highest BCUT2D eigenvalue weighted by Gasteiger charge is 2.19. The molecule has 0 aliphatic carbocycles. The Morgan fingerprint density at radius 3 is 2.50 bits per heavy atom. The molecule has 0 saturated carbocycles. The standard InChI is InChI=1S/C15H23NO3S/c1-6-11-7-8-13(20-11)12(17)9-10(2)16-14(18)19-15(3,4)5/h7-8,10H,6,9H2,1-5H3,(H,16,18). The maximum atomic E-state index is 12.1. The van der Waals surface area contributed by atoms with Crippen LogP contribution in [0.25, 0.3) is 0 Å². The van der Waals surface area contributed by atoms with Crippen LogP contribution in [0.5, 0.6) is 0 Å². The summed E-state index contributed by atoms with van der Waals surface area (Å²) < 4.78 is 5.16. The predicted octanol–water partition coefficient (Wildman–Crippen LogP) is 3.80. The molecule has 1 heterocycles. The minimum absolute atomic E-state index is 0.0539. The Morgan fingerprint density at radius 1 is 1.35 bits per heavy atom. The molecule has 0 aromatic carbocycles. The first-order valence-electron chi connectivity index (χ1n) is 6.82. The summed E-state index contributed by atoms with van der Waals surface area (Å²) in [5.41, 5.74) is -0.530. The highest BCUT2D eigenvalue weighted by molar-refractivity contribution is 7.14. The van der Waals surface area contributed by atoms with Gasteiger partial charge < -0.3 is 10.1 Å². The van der Waals surface area contributed by atoms with Gasteiger partial charge in [0, 0.05) is 17.3 Å². The lowest BCUT2D eigenvalue weighted by Gasteiger charge is -2.21. The summed E-state index contributed by atoms with van der Waals surface area (Å²) in [5, 5.41) is 2.68. The van der Waals surface area contributed by atoms with Gasteiger partial charge in [-0.15, -0.1) is 11.3 Å². The van der Waals surface area contributed by atoms with E-state index in [-0.39, 0.29) is 18.2 Å². The largest absolute Gasteiger partial charge is 0.444 e. The van der Waals surface area contributed by atoms with Crippen molar-refractivity contribution in [3.8, 4) is 0 Å². The van der Waals surface area contributed by atoms with Gasteiger partial charge in [-0.2, -0.15) is 0 Å². The number of nitrogens with one attached hydrogen (secondary N) is 1. The van der Waals surface area contributed by atoms with E-state index in [4.69, 9.17) is 4.74 Å². The van der Waals surface area contributed by atoms with Crippen molar-refractivity contribution in [3.05, 3.63) is 21.9 Å². The minimum atomic E-state index is -0.530. The predicted molar refractivity (Wildman–Crippen MR) is 81.5 cm³/mol. The smallest absolute Gasteiger partial charge is 0.407 e. The number of amides is 1. The van der Waals surface area contributed by atoms with Gasteiger partial charge in [0.15, 0.2) is 5.78 Å². The molecule has 1 N–H and O–H groups in total. The number of carbonyl (C=O) groups excluding carboxylic acids is 2. The number of rotatable bonds is 5. The van der Waals surface area contributed by atoms with Crippen LogP contribution in [0.3, 0.4) is 0 Å². The Labute approximate surface area is 124 Å². The van der Waals surface area contributed by atoms with Crippen LogP contribution in [0.2, 0.25) is 0 Å². The number of aryl methyl sites for hydroxylation is 1. The quantitative estimate of drug-likeness (QED) is 0.841. The molecule has 1 aromatic rings. The third kappa shape index (κ3) is 5.74. The highest BCUT2D eigenvalue weighted by atomic mass is 32.1. The number of Topliss-reactive ketones (excluding diaryl/α,β-unsaturated/α-hetero) is 1. The lowest BCUT2D eigenvalue weighted by molar-refractivity contribution is 0.0506. The second kappa shape index (κ2) is 6.88. The second-order valence-electron chi connectivity index (χ2n) is 5.79. The van der Waals surface area contributed by atoms with Crippen molar-refractivity contribution in [2.45, 2.75) is 59.1 Å². The molecule has 0 radical (unpaired) electrons. The first kappa shape index (κ1) is 16.7. The molecule has 112 valence electrons. The second-order valence-corrected chi connectivity index (χ2v) is 6.96. The zero-order valence-corrected chi connectivity index (χ0v) is 13.6. The highest BCUT2D eigenvalue weighted by Crippen LogP contribution is 2.19. The van der Waals surface area contributed by atoms with E-state index in [0.717, 1.165) is 11.3 Å². The van der Waals surface area contributed by atoms with E-state index in [1.807, 2.05) is 12.1 Å². The average molecular weight is 297 g/mol. The van der Waals surface area contributed by atoms with Crippen molar-refractivity contribution in [3.63, 3.8) is 0 Å². The molecule has 0 fully saturated rings. The zero-order valence-electron chi connectivity index (χ0n) is 12.8. The lowest BCUT2D eigenvalue weighted by atomic mass is 10.1. The third-order valence-corrected chi connectivity index (χ3v) is 3.81. The summed E-state index contributed by atoms with van der Waals surface area (Å²) in [6.07, 6.45) is 0.727. The van der Waals surface area contributed by atoms with Gasteiger partial charge in [-0.25, -0.2) is 4.79 Å². The molecule has 0 spiro atoms. The molecule has 0 aliphatic rings. The Hall–Kier alpha value is -1.36. The molecular weight excluding hydrogens is 274 g/mol. The number of ether oxygens (including phenoxy) is 1. The SMILES string of the molecule is CCc1ccc(C(=O)CC(C)NC(=O)OC(C)(C)C)s1. The monoisotopic (exact) mass is 297 g/mol. The minimum Gasteiger partial charge on any atom is -0.444 e. The first-order valence-corrected chi connectivity index (χ1v) is 7.64. The Balaban J connectivity index is 2.47. The number of thiophene rings is 1. The van der Waals surface area contributed by atoms with Crippen LogP contribution in [0.15, 0.2) is 12.1 Å². The van der Waals surface area contributed by atoms with Crippen LogP contribution in [0.1, 0.15) is 55.6 Å². The molecule has 1 amide bonds. The molecule has 20 heavy (non-hydrogen) atoms. The molecule has 1 atom stereocenters. The summed E-state index contributed by atoms with van der Waals surface area (Å²) in [4.78, 5) is 25.6. The Morgan fingerprint density at radius 2 is 2.00 bits per heavy atom. The van der Waals surface area contributed by atoms with Crippen LogP contribution in [-0.4, -0.2) is 23.5 Å². The molecule has 4 nitrogen and oxygen atoms in total. The normalized spacial score (nSPS) is 12.8. The van der Waals surface area contributed by atoms with E-state index < -0.39 is 11.7 Å². The van der Waals surface area contributed by atoms with E-state index >= 15 is 0 Å². The summed E-state index contributed by atoms with van der Waals surface area (Å²) in [5.74, 6) is 0.0539. The van der Waals surface area contributed by atoms with Gasteiger partial charge in [0.05, 0.1) is 4.88 Å². The summed E-state index contributed by atoms with van der Waals surface area (Å²) in [6.45, 7) is 9.28. The summed E-state index contributed by atoms with van der Waals surface area (Å²) >= 11 is 1.52. The van der Waals surface area contributed by atoms with E-state index in [9.17, 15) is 9.59 Å². The molecule has 0 aliphatic heterocycles. The van der Waals surface area contributed by atoms with Gasteiger partial charge in [-0.1, -0.05) is 6.92 Å². The van der Waals surface area contributed by atoms with Gasteiger partial charge in [0.1, 0.15) is 5.60 Å². The van der Waals surface area contributed by atoms with Gasteiger partial charge >= 0.3 is 6.09 Å². The maximum Gasteiger partial charge on any atom is 0.407 e. The van der Waals surface area contributed by atoms with E-state index in [1.165, 1.54) is 16.2 Å². The Kier molecular flexibility index (Phi) is 5.74. The number of hydrogen-bond donors (Lipinski definition) is 1. The van der Waals surface area contributed by atoms with Crippen molar-refractivity contribution >= 4 is 23.2 Å². The number of carbonyl (C=O) groups is 2. The summed E-state index contributed by atoms with van der Waals surface area (Å²) in [7, 11) is 0. The number of alkyl carbamates (subject to hydrolysis) is 1. The fraction of sp³-hybridized carbons (Fsp3) is 0.600. The van der Waals surface area contributed by atoms with Crippen LogP contribution in [-0.2, 0) is 11.2 Å². The van der Waals surface area contributed by atoms with Gasteiger partial charge in [-0.3, -0.25) is 4.79 Å². The molecule has 5 heteroatoms. The maximum absolute atomic E-state index is 12.1. The van der Waals surface area contributed by atoms with Gasteiger partial charge in [0.2, 0.25) is 0 Å². The lowest BCUT2D eigenvalue weighted by Crippen LogP contribution is -2.38. The van der Waals surface area contributed by atoms with Crippen molar-refractivity contribution in [1.29, 1.82) is 0 Å². The van der Waals surface area contributed by atoms with Crippen molar-refractivity contribution in [2.75, 3.05) is 0 Å². The third-order valence-electron chi connectivity index (χ3n) is 2.54. The van der Waals surface area contributed by atoms with Gasteiger partial charge in [0.25, 0.3) is 0 Å². The van der Waals surface area contributed by atoms with E-state index in [2.05, 4.69) is 12.2 Å². The van der Waals surface area contributed by atoms with E-state index in [0.29, 0.717) is 0 Å². The van der Waals surface area contributed by atoms with Gasteiger partial charge in [-0.05, 0) is 46.2 Å². The van der Waals surface area contributed by atoms with Crippen molar-refractivity contribution in [2.24, 2.45) is 0 Å². The average Bonchev–Trinajstić information content (AvgIpc) is 2.73. The molecule has 1 aromatic heterocycles. The van der Waals surface area contributed by atoms with Crippen LogP contribution in [0, 0.1) is 0 Å². The van der Waals surface area contributed by atoms with Crippen LogP contribution < -0.4 is 5.32 Å². The first-order chi connectivity index (χ1) is 9.21. The molecule has 1 unspecified atom stereocenters. The number of ketones is 1. The fourth-order valence-electron chi connectivity index (χ4n) is 1.66. The van der Waals surface area contributed by atoms with Crippen molar-refractivity contribution < 1.29 is 14.3 Å². The Bertz CT molecular complexity index is 474. The fourth-order valence-corrected chi connectivity index (χ4v) is 2.55. The number of hydrogen-bond acceptors (Lipinski definition) is 4. The zero-order chi connectivity index (χ0) is 15.3. The van der Waals surface area contributed by atoms with E-state index in [1.54, 1.807) is 27.7 Å². The topological polar surface area (TPSA) is 55.4 Å². The van der Waals surface area contributed by atoms with Crippen LogP contribution >= 0.6 is 11.3 Å².